The Morgan fingerprint density at radius 2 is 1.70 bits per heavy atom. The predicted molar refractivity (Wildman–Crippen MR) is 137 cm³/mol. The van der Waals surface area contributed by atoms with E-state index in [1.807, 2.05) is 30.3 Å². The summed E-state index contributed by atoms with van der Waals surface area (Å²) < 4.78 is 33.8. The van der Waals surface area contributed by atoms with Gasteiger partial charge in [0.25, 0.3) is 10.0 Å². The van der Waals surface area contributed by atoms with Gasteiger partial charge in [0.15, 0.2) is 0 Å². The molecule has 0 bridgehead atoms. The smallest absolute Gasteiger partial charge is 0.410 e. The van der Waals surface area contributed by atoms with Gasteiger partial charge in [-0.1, -0.05) is 60.1 Å². The van der Waals surface area contributed by atoms with Crippen molar-refractivity contribution in [1.82, 2.24) is 18.8 Å². The van der Waals surface area contributed by atoms with Crippen LogP contribution in [0.5, 0.6) is 0 Å². The highest BCUT2D eigenvalue weighted by Gasteiger charge is 2.31. The van der Waals surface area contributed by atoms with Crippen molar-refractivity contribution in [3.8, 4) is 0 Å². The van der Waals surface area contributed by atoms with Gasteiger partial charge in [0.1, 0.15) is 18.3 Å². The maximum Gasteiger partial charge on any atom is 0.410 e. The number of aromatic nitrogens is 2. The first-order valence-electron chi connectivity index (χ1n) is 11.5. The SMILES string of the molecule is O=C1CN(C(=O)OCc2ccccc2)CCN1Cc1cc2c(Cl)nccc2n1S(=O)(=O)c1ccccc1. The van der Waals surface area contributed by atoms with Crippen LogP contribution in [0.1, 0.15) is 11.3 Å². The quantitative estimate of drug-likeness (QED) is 0.345. The van der Waals surface area contributed by atoms with Crippen LogP contribution in [0, 0.1) is 0 Å². The van der Waals surface area contributed by atoms with Gasteiger partial charge >= 0.3 is 6.09 Å². The third kappa shape index (κ3) is 5.03. The van der Waals surface area contributed by atoms with E-state index in [-0.39, 0.29) is 48.7 Å². The van der Waals surface area contributed by atoms with E-state index >= 15 is 0 Å². The predicted octanol–water partition coefficient (Wildman–Crippen LogP) is 3.91. The molecule has 1 saturated heterocycles. The van der Waals surface area contributed by atoms with Gasteiger partial charge in [0.2, 0.25) is 5.91 Å². The molecular formula is C26H23ClN4O5S. The second-order valence-corrected chi connectivity index (χ2v) is 10.7. The van der Waals surface area contributed by atoms with Gasteiger partial charge in [-0.3, -0.25) is 9.69 Å². The van der Waals surface area contributed by atoms with Crippen LogP contribution in [-0.4, -0.2) is 58.8 Å². The van der Waals surface area contributed by atoms with E-state index in [0.717, 1.165) is 5.56 Å². The van der Waals surface area contributed by atoms with E-state index in [1.165, 1.54) is 32.1 Å². The van der Waals surface area contributed by atoms with E-state index in [2.05, 4.69) is 4.98 Å². The van der Waals surface area contributed by atoms with Crippen LogP contribution < -0.4 is 0 Å². The zero-order valence-corrected chi connectivity index (χ0v) is 21.2. The lowest BCUT2D eigenvalue weighted by molar-refractivity contribution is -0.136. The number of carbonyl (C=O) groups is 2. The number of benzene rings is 2. The molecule has 2 aromatic carbocycles. The Kier molecular flexibility index (Phi) is 6.86. The number of rotatable bonds is 6. The van der Waals surface area contributed by atoms with Crippen molar-refractivity contribution in [1.29, 1.82) is 0 Å². The molecule has 0 atom stereocenters. The molecule has 2 amide bonds. The Bertz CT molecular complexity index is 1560. The summed E-state index contributed by atoms with van der Waals surface area (Å²) in [4.78, 5) is 32.5. The molecule has 9 nitrogen and oxygen atoms in total. The van der Waals surface area contributed by atoms with Crippen LogP contribution in [0.15, 0.2) is 83.9 Å². The average Bonchev–Trinajstić information content (AvgIpc) is 3.29. The number of amides is 2. The monoisotopic (exact) mass is 538 g/mol. The first kappa shape index (κ1) is 24.8. The molecule has 1 fully saturated rings. The normalized spacial score (nSPS) is 14.2. The highest BCUT2D eigenvalue weighted by molar-refractivity contribution is 7.90. The molecule has 37 heavy (non-hydrogen) atoms. The second kappa shape index (κ2) is 10.2. The van der Waals surface area contributed by atoms with Gasteiger partial charge < -0.3 is 9.64 Å². The lowest BCUT2D eigenvalue weighted by Crippen LogP contribution is -2.52. The van der Waals surface area contributed by atoms with Gasteiger partial charge in [-0.2, -0.15) is 0 Å². The highest BCUT2D eigenvalue weighted by atomic mass is 35.5. The van der Waals surface area contributed by atoms with Crippen LogP contribution in [0.3, 0.4) is 0 Å². The van der Waals surface area contributed by atoms with E-state index in [0.29, 0.717) is 16.6 Å². The Morgan fingerprint density at radius 3 is 2.41 bits per heavy atom. The summed E-state index contributed by atoms with van der Waals surface area (Å²) in [6.45, 7) is 0.441. The van der Waals surface area contributed by atoms with Gasteiger partial charge in [-0.25, -0.2) is 22.2 Å². The van der Waals surface area contributed by atoms with Crippen molar-refractivity contribution in [3.63, 3.8) is 0 Å². The Labute approximate surface area is 218 Å². The number of halogens is 1. The average molecular weight is 539 g/mol. The molecule has 1 aliphatic rings. The Hall–Kier alpha value is -3.89. The van der Waals surface area contributed by atoms with Gasteiger partial charge in [0, 0.05) is 24.7 Å². The third-order valence-electron chi connectivity index (χ3n) is 6.13. The van der Waals surface area contributed by atoms with Crippen molar-refractivity contribution in [2.24, 2.45) is 0 Å². The van der Waals surface area contributed by atoms with Gasteiger partial charge in [-0.15, -0.1) is 0 Å². The maximum absolute atomic E-state index is 13.6. The summed E-state index contributed by atoms with van der Waals surface area (Å²) in [5, 5.41) is 0.632. The van der Waals surface area contributed by atoms with Crippen LogP contribution in [-0.2, 0) is 32.7 Å². The molecule has 0 radical (unpaired) electrons. The molecule has 11 heteroatoms. The number of hydrogen-bond acceptors (Lipinski definition) is 6. The molecule has 190 valence electrons. The summed E-state index contributed by atoms with van der Waals surface area (Å²) in [5.41, 5.74) is 1.58. The van der Waals surface area contributed by atoms with Crippen molar-refractivity contribution in [2.75, 3.05) is 19.6 Å². The number of nitrogens with zero attached hydrogens (tertiary/aromatic N) is 4. The minimum atomic E-state index is -3.99. The summed E-state index contributed by atoms with van der Waals surface area (Å²) in [6.07, 6.45) is 0.867. The molecule has 0 N–H and O–H groups in total. The van der Waals surface area contributed by atoms with Gasteiger partial charge in [-0.05, 0) is 29.8 Å². The zero-order chi connectivity index (χ0) is 26.0. The number of ether oxygens (including phenoxy) is 1. The number of pyridine rings is 1. The third-order valence-corrected chi connectivity index (χ3v) is 8.21. The Balaban J connectivity index is 1.36. The fraction of sp³-hybridized carbons (Fsp3) is 0.192. The summed E-state index contributed by atoms with van der Waals surface area (Å²) in [5.74, 6) is -0.318. The van der Waals surface area contributed by atoms with Crippen LogP contribution in [0.25, 0.3) is 10.9 Å². The molecule has 0 aliphatic carbocycles. The molecule has 3 heterocycles. The first-order valence-corrected chi connectivity index (χ1v) is 13.4. The van der Waals surface area contributed by atoms with Crippen LogP contribution in [0.4, 0.5) is 4.79 Å². The molecule has 1 aliphatic heterocycles. The lowest BCUT2D eigenvalue weighted by atomic mass is 10.2. The number of piperazine rings is 1. The minimum absolute atomic E-state index is 0.0167. The molecule has 0 saturated carbocycles. The second-order valence-electron chi connectivity index (χ2n) is 8.53. The first-order chi connectivity index (χ1) is 17.8. The van der Waals surface area contributed by atoms with Crippen molar-refractivity contribution in [2.45, 2.75) is 18.0 Å². The fourth-order valence-corrected chi connectivity index (χ4v) is 6.02. The van der Waals surface area contributed by atoms with E-state index in [1.54, 1.807) is 30.3 Å². The fourth-order valence-electron chi connectivity index (χ4n) is 4.26. The number of fused-ring (bicyclic) bond motifs is 1. The van der Waals surface area contributed by atoms with E-state index in [4.69, 9.17) is 16.3 Å². The topological polar surface area (TPSA) is 102 Å². The molecule has 5 rings (SSSR count). The molecule has 2 aromatic heterocycles. The number of carbonyl (C=O) groups excluding carboxylic acids is 2. The molecule has 0 spiro atoms. The van der Waals surface area contributed by atoms with Crippen LogP contribution >= 0.6 is 11.6 Å². The zero-order valence-electron chi connectivity index (χ0n) is 19.7. The van der Waals surface area contributed by atoms with Crippen molar-refractivity contribution < 1.29 is 22.7 Å². The summed E-state index contributed by atoms with van der Waals surface area (Å²) >= 11 is 6.28. The minimum Gasteiger partial charge on any atom is -0.445 e. The highest BCUT2D eigenvalue weighted by Crippen LogP contribution is 2.30. The number of hydrogen-bond donors (Lipinski definition) is 0. The van der Waals surface area contributed by atoms with Crippen molar-refractivity contribution >= 4 is 44.5 Å². The lowest BCUT2D eigenvalue weighted by Gasteiger charge is -2.33. The van der Waals surface area contributed by atoms with E-state index < -0.39 is 16.1 Å². The summed E-state index contributed by atoms with van der Waals surface area (Å²) in [7, 11) is -3.99. The Morgan fingerprint density at radius 1 is 1.00 bits per heavy atom. The van der Waals surface area contributed by atoms with E-state index in [9.17, 15) is 18.0 Å². The standard InChI is InChI=1S/C26H23ClN4O5S/c27-25-22-15-20(31(23(22)11-12-28-25)37(34,35)21-9-5-2-6-10-21)16-29-13-14-30(17-24(29)32)26(33)36-18-19-7-3-1-4-8-19/h1-12,15H,13-14,16-18H2. The van der Waals surface area contributed by atoms with Gasteiger partial charge in [0.05, 0.1) is 22.7 Å². The van der Waals surface area contributed by atoms with Crippen molar-refractivity contribution in [3.05, 3.63) is 95.4 Å². The van der Waals surface area contributed by atoms with Crippen LogP contribution in [0.2, 0.25) is 5.15 Å². The molecule has 4 aromatic rings. The molecule has 0 unspecified atom stereocenters. The summed E-state index contributed by atoms with van der Waals surface area (Å²) in [6, 6.07) is 20.5. The maximum atomic E-state index is 13.6. The largest absolute Gasteiger partial charge is 0.445 e. The molecular weight excluding hydrogens is 516 g/mol.